The van der Waals surface area contributed by atoms with Gasteiger partial charge in [0.15, 0.2) is 5.82 Å². The number of aromatic hydroxyl groups is 1. The summed E-state index contributed by atoms with van der Waals surface area (Å²) in [6.45, 7) is 4.56. The third-order valence-corrected chi connectivity index (χ3v) is 11.5. The number of furan rings is 1. The molecule has 0 radical (unpaired) electrons. The molecule has 252 valence electrons. The van der Waals surface area contributed by atoms with Gasteiger partial charge in [0, 0.05) is 54.5 Å². The highest BCUT2D eigenvalue weighted by atomic mass is 19.1. The molecule has 2 aromatic heterocycles. The normalized spacial score (nSPS) is 25.6. The molecule has 0 saturated carbocycles. The van der Waals surface area contributed by atoms with E-state index in [1.54, 1.807) is 6.92 Å². The van der Waals surface area contributed by atoms with Gasteiger partial charge in [-0.1, -0.05) is 12.0 Å². The number of likely N-dealkylation sites (N-methyl/N-ethyl adjacent to an activating group) is 1. The zero-order valence-corrected chi connectivity index (χ0v) is 27.4. The van der Waals surface area contributed by atoms with Crippen LogP contribution in [0.5, 0.6) is 11.8 Å². The maximum atomic E-state index is 17.5. The van der Waals surface area contributed by atoms with Crippen LogP contribution in [-0.4, -0.2) is 88.5 Å². The Kier molecular flexibility index (Phi) is 6.85. The number of halogens is 3. The third kappa shape index (κ3) is 4.60. The van der Waals surface area contributed by atoms with Crippen molar-refractivity contribution in [3.63, 3.8) is 0 Å². The fraction of sp³-hybridized carbons (Fsp3) is 0.421. The minimum atomic E-state index is -0.926. The molecule has 6 heterocycles. The second-order valence-corrected chi connectivity index (χ2v) is 14.3. The predicted octanol–water partition coefficient (Wildman–Crippen LogP) is 6.71. The molecule has 4 atom stereocenters. The first-order valence-electron chi connectivity index (χ1n) is 17.0. The summed E-state index contributed by atoms with van der Waals surface area (Å²) in [6, 6.07) is 8.07. The summed E-state index contributed by atoms with van der Waals surface area (Å²) >= 11 is 0. The molecule has 4 fully saturated rings. The molecule has 11 heteroatoms. The highest BCUT2D eigenvalue weighted by molar-refractivity contribution is 6.18. The maximum Gasteiger partial charge on any atom is 0.319 e. The Morgan fingerprint density at radius 1 is 1.10 bits per heavy atom. The number of terminal acetylenes is 1. The molecular weight excluding hydrogens is 631 g/mol. The highest BCUT2D eigenvalue weighted by Crippen LogP contribution is 2.47. The summed E-state index contributed by atoms with van der Waals surface area (Å²) in [6.07, 6.45) is 9.13. The van der Waals surface area contributed by atoms with Crippen LogP contribution < -0.4 is 9.64 Å². The Morgan fingerprint density at radius 2 is 1.90 bits per heavy atom. The van der Waals surface area contributed by atoms with Gasteiger partial charge < -0.3 is 19.2 Å². The van der Waals surface area contributed by atoms with Crippen LogP contribution in [0.15, 0.2) is 34.7 Å². The number of benzene rings is 3. The number of anilines is 1. The lowest BCUT2D eigenvalue weighted by Crippen LogP contribution is -2.52. The zero-order valence-electron chi connectivity index (χ0n) is 27.4. The number of fused-ring (bicyclic) bond motifs is 7. The number of phenolic OH excluding ortho intramolecular Hbond substituents is 1. The van der Waals surface area contributed by atoms with Crippen LogP contribution >= 0.6 is 0 Å². The predicted molar refractivity (Wildman–Crippen MR) is 182 cm³/mol. The van der Waals surface area contributed by atoms with Crippen molar-refractivity contribution in [3.05, 3.63) is 53.3 Å². The van der Waals surface area contributed by atoms with Crippen molar-refractivity contribution in [3.8, 4) is 35.2 Å². The molecule has 9 rings (SSSR count). The molecule has 4 aliphatic heterocycles. The van der Waals surface area contributed by atoms with Crippen LogP contribution in [-0.2, 0) is 0 Å². The number of alkyl halides is 1. The largest absolute Gasteiger partial charge is 0.508 e. The Bertz CT molecular complexity index is 2220. The summed E-state index contributed by atoms with van der Waals surface area (Å²) in [4.78, 5) is 16.5. The van der Waals surface area contributed by atoms with Gasteiger partial charge in [-0.2, -0.15) is 9.97 Å². The zero-order chi connectivity index (χ0) is 33.8. The van der Waals surface area contributed by atoms with Crippen LogP contribution in [0.4, 0.5) is 19.0 Å². The minimum Gasteiger partial charge on any atom is -0.508 e. The number of aromatic nitrogens is 2. The molecule has 4 aliphatic rings. The van der Waals surface area contributed by atoms with Gasteiger partial charge in [-0.3, -0.25) is 9.80 Å². The standard InChI is InChI=1S/C38H36F3N5O3/c1-4-26-29(40)9-6-21-13-25(47)14-27(30(21)26)31-33(41)34-32(28-12-20(2)49-35(28)31)36(45-17-23-7-8-24(18-45)44(23)3)43-37(42-34)48-19-38-10-5-11-46(38)16-22(39)15-38/h1,6,9,12-14,22-24,47H,5,7-8,10-11,15-19H2,2-3H3/t22-,23?,24?,38+/m1/s1. The molecule has 1 N–H and O–H groups in total. The molecule has 2 bridgehead atoms. The van der Waals surface area contributed by atoms with E-state index in [1.807, 2.05) is 6.07 Å². The first kappa shape index (κ1) is 30.5. The average molecular weight is 668 g/mol. The van der Waals surface area contributed by atoms with Gasteiger partial charge in [0.1, 0.15) is 47.0 Å². The van der Waals surface area contributed by atoms with E-state index in [9.17, 15) is 9.50 Å². The first-order chi connectivity index (χ1) is 23.6. The topological polar surface area (TPSA) is 78.1 Å². The number of hydrogen-bond donors (Lipinski definition) is 1. The molecule has 4 saturated heterocycles. The van der Waals surface area contributed by atoms with E-state index < -0.39 is 23.3 Å². The lowest BCUT2D eigenvalue weighted by molar-refractivity contribution is 0.107. The van der Waals surface area contributed by atoms with Crippen molar-refractivity contribution in [1.82, 2.24) is 19.8 Å². The van der Waals surface area contributed by atoms with Crippen LogP contribution in [0, 0.1) is 30.9 Å². The molecule has 8 nitrogen and oxygen atoms in total. The average Bonchev–Trinajstić information content (AvgIpc) is 3.77. The molecule has 0 amide bonds. The van der Waals surface area contributed by atoms with Crippen molar-refractivity contribution in [1.29, 1.82) is 0 Å². The molecule has 5 aromatic rings. The first-order valence-corrected chi connectivity index (χ1v) is 17.0. The van der Waals surface area contributed by atoms with E-state index in [0.717, 1.165) is 32.2 Å². The van der Waals surface area contributed by atoms with Crippen molar-refractivity contribution >= 4 is 38.5 Å². The summed E-state index contributed by atoms with van der Waals surface area (Å²) in [5, 5.41) is 12.6. The van der Waals surface area contributed by atoms with E-state index in [2.05, 4.69) is 27.7 Å². The lowest BCUT2D eigenvalue weighted by atomic mass is 9.91. The molecule has 0 aliphatic carbocycles. The van der Waals surface area contributed by atoms with E-state index in [4.69, 9.17) is 25.5 Å². The maximum absolute atomic E-state index is 17.5. The summed E-state index contributed by atoms with van der Waals surface area (Å²) in [5.74, 6) is 2.00. The van der Waals surface area contributed by atoms with Crippen LogP contribution in [0.25, 0.3) is 43.8 Å². The van der Waals surface area contributed by atoms with Crippen LogP contribution in [0.2, 0.25) is 0 Å². The van der Waals surface area contributed by atoms with Gasteiger partial charge in [-0.25, -0.2) is 13.2 Å². The fourth-order valence-corrected chi connectivity index (χ4v) is 9.17. The van der Waals surface area contributed by atoms with E-state index in [0.29, 0.717) is 65.9 Å². The Labute approximate surface area is 281 Å². The number of ether oxygens (including phenoxy) is 1. The number of nitrogens with zero attached hydrogens (tertiary/aromatic N) is 5. The van der Waals surface area contributed by atoms with E-state index in [-0.39, 0.29) is 51.5 Å². The SMILES string of the molecule is C#Cc1c(F)ccc2cc(O)cc(-c3c(F)c4nc(OC[C@@]56CCCN5C[C@H](F)C6)nc(N5CC6CCC(C5)N6C)c4c4cc(C)oc34)c12. The molecule has 3 aromatic carbocycles. The lowest BCUT2D eigenvalue weighted by Gasteiger charge is -2.40. The molecule has 49 heavy (non-hydrogen) atoms. The van der Waals surface area contributed by atoms with Crippen molar-refractivity contribution < 1.29 is 27.4 Å². The summed E-state index contributed by atoms with van der Waals surface area (Å²) < 4.78 is 59.9. The minimum absolute atomic E-state index is 0.00396. The Balaban J connectivity index is 1.29. The monoisotopic (exact) mass is 667 g/mol. The van der Waals surface area contributed by atoms with Gasteiger partial charge in [-0.05, 0) is 75.9 Å². The van der Waals surface area contributed by atoms with Gasteiger partial charge in [0.25, 0.3) is 0 Å². The quantitative estimate of drug-likeness (QED) is 0.208. The highest BCUT2D eigenvalue weighted by Gasteiger charge is 2.49. The second-order valence-electron chi connectivity index (χ2n) is 14.3. The van der Waals surface area contributed by atoms with Crippen molar-refractivity contribution in [2.45, 2.75) is 62.8 Å². The number of piperazine rings is 1. The smallest absolute Gasteiger partial charge is 0.319 e. The number of phenols is 1. The fourth-order valence-electron chi connectivity index (χ4n) is 9.17. The summed E-state index contributed by atoms with van der Waals surface area (Å²) in [7, 11) is 2.15. The van der Waals surface area contributed by atoms with Crippen molar-refractivity contribution in [2.24, 2.45) is 0 Å². The van der Waals surface area contributed by atoms with Crippen LogP contribution in [0.3, 0.4) is 0 Å². The third-order valence-electron chi connectivity index (χ3n) is 11.5. The molecule has 0 spiro atoms. The van der Waals surface area contributed by atoms with Gasteiger partial charge in [0.2, 0.25) is 0 Å². The second kappa shape index (κ2) is 11.0. The van der Waals surface area contributed by atoms with E-state index >= 15 is 8.78 Å². The number of hydrogen-bond acceptors (Lipinski definition) is 8. The van der Waals surface area contributed by atoms with Crippen molar-refractivity contribution in [2.75, 3.05) is 44.7 Å². The number of aryl methyl sites for hydroxylation is 1. The number of rotatable bonds is 5. The Hall–Kier alpha value is -4.53. The van der Waals surface area contributed by atoms with Gasteiger partial charge >= 0.3 is 6.01 Å². The molecule has 2 unspecified atom stereocenters. The van der Waals surface area contributed by atoms with Gasteiger partial charge in [0.05, 0.1) is 22.1 Å². The van der Waals surface area contributed by atoms with Gasteiger partial charge in [-0.15, -0.1) is 6.42 Å². The Morgan fingerprint density at radius 3 is 2.67 bits per heavy atom. The van der Waals surface area contributed by atoms with E-state index in [1.165, 1.54) is 24.3 Å². The van der Waals surface area contributed by atoms with Crippen LogP contribution in [0.1, 0.15) is 43.4 Å². The summed E-state index contributed by atoms with van der Waals surface area (Å²) in [5.41, 5.74) is -0.0768. The molecular formula is C38H36F3N5O3.